The number of hydrogen-bond donors (Lipinski definition) is 0. The van der Waals surface area contributed by atoms with Gasteiger partial charge in [0.25, 0.3) is 0 Å². The lowest BCUT2D eigenvalue weighted by molar-refractivity contribution is -0.119. The molecule has 0 N–H and O–H groups in total. The van der Waals surface area contributed by atoms with Crippen molar-refractivity contribution >= 4 is 58.3 Å². The van der Waals surface area contributed by atoms with Crippen LogP contribution in [0.15, 0.2) is 60.7 Å². The standard InChI is InChI=1S/C26H18Cl2N2O6/c1-13(31)29-21-9-7-17(27)11-19(21)25(33)35-23(29)15-3-5-16(6-4-15)24-30(14(2)32)22-10-8-18(28)12-20(22)26(34)36-24/h3-12,23-24H,1-2H3. The van der Waals surface area contributed by atoms with E-state index in [1.54, 1.807) is 48.5 Å². The van der Waals surface area contributed by atoms with E-state index in [9.17, 15) is 19.2 Å². The number of halogens is 2. The van der Waals surface area contributed by atoms with Gasteiger partial charge in [-0.2, -0.15) is 0 Å². The highest BCUT2D eigenvalue weighted by molar-refractivity contribution is 6.31. The summed E-state index contributed by atoms with van der Waals surface area (Å²) < 4.78 is 11.2. The molecule has 0 bridgehead atoms. The summed E-state index contributed by atoms with van der Waals surface area (Å²) in [7, 11) is 0. The highest BCUT2D eigenvalue weighted by Crippen LogP contribution is 2.41. The Balaban J connectivity index is 1.51. The van der Waals surface area contributed by atoms with Gasteiger partial charge in [0.2, 0.25) is 24.3 Å². The Morgan fingerprint density at radius 1 is 0.667 bits per heavy atom. The molecular formula is C26H18Cl2N2O6. The van der Waals surface area contributed by atoms with Crippen LogP contribution in [0.25, 0.3) is 0 Å². The second-order valence-electron chi connectivity index (χ2n) is 8.28. The molecule has 0 saturated heterocycles. The van der Waals surface area contributed by atoms with E-state index in [0.29, 0.717) is 32.5 Å². The number of anilines is 2. The van der Waals surface area contributed by atoms with Crippen LogP contribution in [0.3, 0.4) is 0 Å². The molecule has 36 heavy (non-hydrogen) atoms. The molecule has 3 aromatic rings. The van der Waals surface area contributed by atoms with Gasteiger partial charge in [-0.25, -0.2) is 9.59 Å². The molecule has 0 saturated carbocycles. The lowest BCUT2D eigenvalue weighted by Crippen LogP contribution is -2.41. The number of fused-ring (bicyclic) bond motifs is 2. The van der Waals surface area contributed by atoms with Crippen LogP contribution >= 0.6 is 23.2 Å². The van der Waals surface area contributed by atoms with Gasteiger partial charge in [-0.15, -0.1) is 0 Å². The number of ether oxygens (including phenoxy) is 2. The van der Waals surface area contributed by atoms with Gasteiger partial charge in [0.15, 0.2) is 0 Å². The average Bonchev–Trinajstić information content (AvgIpc) is 2.84. The van der Waals surface area contributed by atoms with Gasteiger partial charge in [0.1, 0.15) is 0 Å². The van der Waals surface area contributed by atoms with Crippen LogP contribution in [0.5, 0.6) is 0 Å². The zero-order valence-electron chi connectivity index (χ0n) is 19.0. The molecule has 0 radical (unpaired) electrons. The number of carbonyl (C=O) groups excluding carboxylic acids is 4. The third kappa shape index (κ3) is 3.98. The molecule has 2 unspecified atom stereocenters. The van der Waals surface area contributed by atoms with Crippen molar-refractivity contribution in [2.75, 3.05) is 9.80 Å². The summed E-state index contributed by atoms with van der Waals surface area (Å²) >= 11 is 12.0. The fourth-order valence-electron chi connectivity index (χ4n) is 4.38. The Kier molecular flexibility index (Phi) is 5.94. The summed E-state index contributed by atoms with van der Waals surface area (Å²) in [5.41, 5.74) is 2.16. The lowest BCUT2D eigenvalue weighted by atomic mass is 10.0. The molecule has 8 nitrogen and oxygen atoms in total. The fraction of sp³-hybridized carbons (Fsp3) is 0.154. The maximum atomic E-state index is 12.7. The zero-order valence-corrected chi connectivity index (χ0v) is 20.5. The predicted octanol–water partition coefficient (Wildman–Crippen LogP) is 5.44. The van der Waals surface area contributed by atoms with Crippen molar-refractivity contribution in [3.63, 3.8) is 0 Å². The van der Waals surface area contributed by atoms with E-state index in [2.05, 4.69) is 0 Å². The SMILES string of the molecule is CC(=O)N1c2ccc(Cl)cc2C(=O)OC1c1ccc(C2OC(=O)c3cc(Cl)ccc3N2C(C)=O)cc1. The molecule has 10 heteroatoms. The molecule has 0 fully saturated rings. The maximum absolute atomic E-state index is 12.7. The number of esters is 2. The smallest absolute Gasteiger partial charge is 0.342 e. The first kappa shape index (κ1) is 23.8. The van der Waals surface area contributed by atoms with E-state index in [1.807, 2.05) is 0 Å². The van der Waals surface area contributed by atoms with E-state index in [-0.39, 0.29) is 22.9 Å². The van der Waals surface area contributed by atoms with Gasteiger partial charge in [0.05, 0.1) is 22.5 Å². The van der Waals surface area contributed by atoms with Crippen molar-refractivity contribution in [3.8, 4) is 0 Å². The van der Waals surface area contributed by atoms with Gasteiger partial charge in [0, 0.05) is 35.0 Å². The topological polar surface area (TPSA) is 93.2 Å². The summed E-state index contributed by atoms with van der Waals surface area (Å²) in [6.07, 6.45) is -2.03. The van der Waals surface area contributed by atoms with E-state index >= 15 is 0 Å². The van der Waals surface area contributed by atoms with Crippen LogP contribution in [0, 0.1) is 0 Å². The van der Waals surface area contributed by atoms with Crippen molar-refractivity contribution in [3.05, 3.63) is 93.0 Å². The number of rotatable bonds is 2. The number of carbonyl (C=O) groups is 4. The lowest BCUT2D eigenvalue weighted by Gasteiger charge is -2.37. The molecule has 5 rings (SSSR count). The molecule has 0 spiro atoms. The third-order valence-corrected chi connectivity index (χ3v) is 6.44. The molecule has 3 aromatic carbocycles. The maximum Gasteiger partial charge on any atom is 0.342 e. The Morgan fingerprint density at radius 3 is 1.36 bits per heavy atom. The predicted molar refractivity (Wildman–Crippen MR) is 132 cm³/mol. The van der Waals surface area contributed by atoms with Crippen molar-refractivity contribution in [1.82, 2.24) is 0 Å². The van der Waals surface area contributed by atoms with Crippen molar-refractivity contribution in [2.24, 2.45) is 0 Å². The van der Waals surface area contributed by atoms with Crippen LogP contribution in [0.4, 0.5) is 11.4 Å². The normalized spacial score (nSPS) is 18.7. The van der Waals surface area contributed by atoms with Crippen LogP contribution < -0.4 is 9.80 Å². The Bertz CT molecular complexity index is 1330. The zero-order chi connectivity index (χ0) is 25.7. The summed E-state index contributed by atoms with van der Waals surface area (Å²) in [5, 5.41) is 0.691. The van der Waals surface area contributed by atoms with Crippen LogP contribution in [-0.4, -0.2) is 23.8 Å². The highest BCUT2D eigenvalue weighted by Gasteiger charge is 2.38. The minimum atomic E-state index is -1.02. The van der Waals surface area contributed by atoms with Crippen molar-refractivity contribution in [1.29, 1.82) is 0 Å². The largest absolute Gasteiger partial charge is 0.433 e. The molecule has 2 aliphatic rings. The minimum Gasteiger partial charge on any atom is -0.433 e. The highest BCUT2D eigenvalue weighted by atomic mass is 35.5. The van der Waals surface area contributed by atoms with Gasteiger partial charge in [-0.3, -0.25) is 19.4 Å². The first-order chi connectivity index (χ1) is 17.2. The number of nitrogens with zero attached hydrogens (tertiary/aromatic N) is 2. The number of amides is 2. The Morgan fingerprint density at radius 2 is 1.03 bits per heavy atom. The summed E-state index contributed by atoms with van der Waals surface area (Å²) in [6, 6.07) is 15.9. The molecular weight excluding hydrogens is 507 g/mol. The molecule has 182 valence electrons. The van der Waals surface area contributed by atoms with Crippen LogP contribution in [0.2, 0.25) is 10.0 Å². The van der Waals surface area contributed by atoms with Gasteiger partial charge in [-0.05, 0) is 36.4 Å². The summed E-state index contributed by atoms with van der Waals surface area (Å²) in [6.45, 7) is 2.74. The number of hydrogen-bond acceptors (Lipinski definition) is 6. The van der Waals surface area contributed by atoms with Gasteiger partial charge < -0.3 is 9.47 Å². The monoisotopic (exact) mass is 524 g/mol. The van der Waals surface area contributed by atoms with Crippen LogP contribution in [0.1, 0.15) is 58.1 Å². The molecule has 0 aromatic heterocycles. The van der Waals surface area contributed by atoms with Crippen LogP contribution in [-0.2, 0) is 19.1 Å². The fourth-order valence-corrected chi connectivity index (χ4v) is 4.72. The van der Waals surface area contributed by atoms with E-state index < -0.39 is 24.4 Å². The quantitative estimate of drug-likeness (QED) is 0.414. The third-order valence-electron chi connectivity index (χ3n) is 5.97. The van der Waals surface area contributed by atoms with Gasteiger partial charge in [-0.1, -0.05) is 47.5 Å². The van der Waals surface area contributed by atoms with E-state index in [1.165, 1.54) is 35.8 Å². The molecule has 0 aliphatic carbocycles. The first-order valence-electron chi connectivity index (χ1n) is 10.9. The molecule has 2 amide bonds. The van der Waals surface area contributed by atoms with Crippen molar-refractivity contribution in [2.45, 2.75) is 26.3 Å². The Labute approximate surface area is 215 Å². The number of benzene rings is 3. The second kappa shape index (κ2) is 8.96. The van der Waals surface area contributed by atoms with Gasteiger partial charge >= 0.3 is 11.9 Å². The Hall–Kier alpha value is -3.88. The summed E-state index contributed by atoms with van der Waals surface area (Å²) in [5.74, 6) is -1.89. The van der Waals surface area contributed by atoms with E-state index in [0.717, 1.165) is 0 Å². The van der Waals surface area contributed by atoms with E-state index in [4.69, 9.17) is 32.7 Å². The molecule has 2 aliphatic heterocycles. The molecule has 2 atom stereocenters. The first-order valence-corrected chi connectivity index (χ1v) is 11.6. The average molecular weight is 525 g/mol. The second-order valence-corrected chi connectivity index (χ2v) is 9.16. The number of cyclic esters (lactones) is 2. The molecule has 2 heterocycles. The van der Waals surface area contributed by atoms with Crippen molar-refractivity contribution < 1.29 is 28.7 Å². The minimum absolute atomic E-state index is 0.190. The summed E-state index contributed by atoms with van der Waals surface area (Å²) in [4.78, 5) is 53.1.